The fourth-order valence-electron chi connectivity index (χ4n) is 1.27. The molecule has 17 heavy (non-hydrogen) atoms. The number of alkyl halides is 3. The van der Waals surface area contributed by atoms with E-state index in [4.69, 9.17) is 4.74 Å². The predicted octanol–water partition coefficient (Wildman–Crippen LogP) is 3.50. The summed E-state index contributed by atoms with van der Waals surface area (Å²) in [5, 5.41) is 3.05. The van der Waals surface area contributed by atoms with Crippen molar-refractivity contribution >= 4 is 15.9 Å². The van der Waals surface area contributed by atoms with E-state index in [1.54, 1.807) is 18.2 Å². The van der Waals surface area contributed by atoms with E-state index in [1.165, 1.54) is 0 Å². The summed E-state index contributed by atoms with van der Waals surface area (Å²) in [4.78, 5) is 0. The normalized spacial score (nSPS) is 11.6. The monoisotopic (exact) mass is 311 g/mol. The quantitative estimate of drug-likeness (QED) is 0.898. The summed E-state index contributed by atoms with van der Waals surface area (Å²) >= 11 is 3.19. The number of hydrogen-bond acceptors (Lipinski definition) is 2. The van der Waals surface area contributed by atoms with Gasteiger partial charge in [0.05, 0.1) is 4.47 Å². The molecule has 0 aliphatic heterocycles. The highest BCUT2D eigenvalue weighted by molar-refractivity contribution is 9.10. The maximum absolute atomic E-state index is 12.1. The summed E-state index contributed by atoms with van der Waals surface area (Å²) in [6.45, 7) is 1.86. The minimum absolute atomic E-state index is 0.241. The van der Waals surface area contributed by atoms with Gasteiger partial charge in [-0.05, 0) is 28.5 Å². The van der Waals surface area contributed by atoms with Crippen LogP contribution in [0.25, 0.3) is 0 Å². The Morgan fingerprint density at radius 3 is 2.65 bits per heavy atom. The summed E-state index contributed by atoms with van der Waals surface area (Å²) in [7, 11) is 0. The molecule has 0 bridgehead atoms. The predicted molar refractivity (Wildman–Crippen MR) is 63.1 cm³/mol. The number of rotatable bonds is 5. The van der Waals surface area contributed by atoms with Crippen molar-refractivity contribution < 1.29 is 17.9 Å². The minimum atomic E-state index is -4.33. The second-order valence-corrected chi connectivity index (χ2v) is 4.27. The zero-order valence-corrected chi connectivity index (χ0v) is 10.9. The van der Waals surface area contributed by atoms with E-state index in [0.29, 0.717) is 16.6 Å². The van der Waals surface area contributed by atoms with E-state index in [2.05, 4.69) is 21.2 Å². The summed E-state index contributed by atoms with van der Waals surface area (Å²) in [5.74, 6) is 0.241. The molecule has 0 radical (unpaired) electrons. The zero-order chi connectivity index (χ0) is 12.9. The lowest BCUT2D eigenvalue weighted by atomic mass is 10.2. The average Bonchev–Trinajstić information content (AvgIpc) is 2.23. The van der Waals surface area contributed by atoms with Crippen LogP contribution in [0.1, 0.15) is 12.5 Å². The molecule has 1 aromatic rings. The Balaban J connectivity index is 2.80. The van der Waals surface area contributed by atoms with Crippen molar-refractivity contribution in [2.75, 3.05) is 13.2 Å². The Morgan fingerprint density at radius 1 is 1.35 bits per heavy atom. The second-order valence-electron chi connectivity index (χ2n) is 3.41. The number of hydrogen-bond donors (Lipinski definition) is 1. The molecule has 0 spiro atoms. The van der Waals surface area contributed by atoms with Crippen molar-refractivity contribution in [2.24, 2.45) is 0 Å². The molecule has 0 aromatic heterocycles. The lowest BCUT2D eigenvalue weighted by Gasteiger charge is -2.14. The third-order valence-electron chi connectivity index (χ3n) is 1.99. The third kappa shape index (κ3) is 4.95. The Bertz CT molecular complexity index is 368. The topological polar surface area (TPSA) is 21.3 Å². The van der Waals surface area contributed by atoms with E-state index >= 15 is 0 Å². The van der Waals surface area contributed by atoms with Crippen molar-refractivity contribution in [3.05, 3.63) is 28.2 Å². The molecule has 0 unspecified atom stereocenters. The molecule has 0 aliphatic carbocycles. The van der Waals surface area contributed by atoms with Crippen LogP contribution in [-0.2, 0) is 6.54 Å². The maximum atomic E-state index is 12.1. The van der Waals surface area contributed by atoms with E-state index in [-0.39, 0.29) is 5.75 Å². The molecule has 0 aliphatic rings. The first kappa shape index (κ1) is 14.3. The van der Waals surface area contributed by atoms with Gasteiger partial charge in [0.15, 0.2) is 6.61 Å². The van der Waals surface area contributed by atoms with Crippen molar-refractivity contribution in [2.45, 2.75) is 19.6 Å². The molecule has 0 fully saturated rings. The lowest BCUT2D eigenvalue weighted by Crippen LogP contribution is -2.21. The van der Waals surface area contributed by atoms with Gasteiger partial charge in [0, 0.05) is 12.1 Å². The van der Waals surface area contributed by atoms with Gasteiger partial charge < -0.3 is 10.1 Å². The van der Waals surface area contributed by atoms with Gasteiger partial charge in [-0.25, -0.2) is 0 Å². The highest BCUT2D eigenvalue weighted by atomic mass is 79.9. The molecule has 0 saturated heterocycles. The van der Waals surface area contributed by atoms with Gasteiger partial charge in [-0.2, -0.15) is 13.2 Å². The third-order valence-corrected chi connectivity index (χ3v) is 2.62. The van der Waals surface area contributed by atoms with Crippen LogP contribution >= 0.6 is 15.9 Å². The fourth-order valence-corrected chi connectivity index (χ4v) is 1.79. The van der Waals surface area contributed by atoms with Gasteiger partial charge in [-0.15, -0.1) is 0 Å². The Kier molecular flexibility index (Phi) is 5.27. The Hall–Kier alpha value is -0.750. The molecule has 0 saturated carbocycles. The first-order valence-electron chi connectivity index (χ1n) is 5.11. The minimum Gasteiger partial charge on any atom is -0.483 e. The number of ether oxygens (including phenoxy) is 1. The van der Waals surface area contributed by atoms with E-state index in [9.17, 15) is 13.2 Å². The van der Waals surface area contributed by atoms with Crippen LogP contribution in [0.5, 0.6) is 5.75 Å². The Morgan fingerprint density at radius 2 is 2.06 bits per heavy atom. The average molecular weight is 312 g/mol. The summed E-state index contributed by atoms with van der Waals surface area (Å²) < 4.78 is 41.6. The van der Waals surface area contributed by atoms with Crippen LogP contribution in [0.2, 0.25) is 0 Å². The van der Waals surface area contributed by atoms with Crippen LogP contribution < -0.4 is 10.1 Å². The molecule has 0 amide bonds. The molecule has 0 heterocycles. The number of halogens is 4. The van der Waals surface area contributed by atoms with Crippen LogP contribution in [0.15, 0.2) is 22.7 Å². The number of para-hydroxylation sites is 1. The van der Waals surface area contributed by atoms with Gasteiger partial charge in [0.1, 0.15) is 5.75 Å². The van der Waals surface area contributed by atoms with Gasteiger partial charge in [-0.1, -0.05) is 19.1 Å². The van der Waals surface area contributed by atoms with Crippen LogP contribution in [0.3, 0.4) is 0 Å². The van der Waals surface area contributed by atoms with E-state index in [0.717, 1.165) is 6.54 Å². The van der Waals surface area contributed by atoms with E-state index < -0.39 is 12.8 Å². The maximum Gasteiger partial charge on any atom is 0.422 e. The van der Waals surface area contributed by atoms with E-state index in [1.807, 2.05) is 6.92 Å². The molecule has 96 valence electrons. The largest absolute Gasteiger partial charge is 0.483 e. The van der Waals surface area contributed by atoms with Crippen molar-refractivity contribution in [3.8, 4) is 5.75 Å². The second kappa shape index (κ2) is 6.26. The van der Waals surface area contributed by atoms with Crippen LogP contribution in [0, 0.1) is 0 Å². The molecule has 1 aromatic carbocycles. The fraction of sp³-hybridized carbons (Fsp3) is 0.455. The van der Waals surface area contributed by atoms with Crippen molar-refractivity contribution in [3.63, 3.8) is 0 Å². The smallest absolute Gasteiger partial charge is 0.422 e. The van der Waals surface area contributed by atoms with Gasteiger partial charge in [0.25, 0.3) is 0 Å². The summed E-state index contributed by atoms with van der Waals surface area (Å²) in [6.07, 6.45) is -4.33. The Labute approximate surface area is 106 Å². The first-order valence-corrected chi connectivity index (χ1v) is 5.91. The molecule has 2 nitrogen and oxygen atoms in total. The molecule has 1 N–H and O–H groups in total. The highest BCUT2D eigenvalue weighted by Gasteiger charge is 2.29. The molecular formula is C11H13BrF3NO. The molecule has 6 heteroatoms. The SMILES string of the molecule is CCNCc1cccc(Br)c1OCC(F)(F)F. The zero-order valence-electron chi connectivity index (χ0n) is 9.27. The summed E-state index contributed by atoms with van der Waals surface area (Å²) in [5.41, 5.74) is 0.700. The summed E-state index contributed by atoms with van der Waals surface area (Å²) in [6, 6.07) is 5.15. The van der Waals surface area contributed by atoms with Gasteiger partial charge >= 0.3 is 6.18 Å². The van der Waals surface area contributed by atoms with Crippen LogP contribution in [-0.4, -0.2) is 19.3 Å². The lowest BCUT2D eigenvalue weighted by molar-refractivity contribution is -0.153. The van der Waals surface area contributed by atoms with Crippen molar-refractivity contribution in [1.82, 2.24) is 5.32 Å². The number of nitrogens with one attached hydrogen (secondary N) is 1. The number of benzene rings is 1. The first-order chi connectivity index (χ1) is 7.94. The van der Waals surface area contributed by atoms with Crippen molar-refractivity contribution in [1.29, 1.82) is 0 Å². The highest BCUT2D eigenvalue weighted by Crippen LogP contribution is 2.30. The molecular weight excluding hydrogens is 299 g/mol. The standard InChI is InChI=1S/C11H13BrF3NO/c1-2-16-6-8-4-3-5-9(12)10(8)17-7-11(13,14)15/h3-5,16H,2,6-7H2,1H3. The molecule has 1 rings (SSSR count). The molecule has 0 atom stereocenters. The van der Waals surface area contributed by atoms with Gasteiger partial charge in [-0.3, -0.25) is 0 Å². The van der Waals surface area contributed by atoms with Gasteiger partial charge in [0.2, 0.25) is 0 Å². The van der Waals surface area contributed by atoms with Crippen LogP contribution in [0.4, 0.5) is 13.2 Å².